The van der Waals surface area contributed by atoms with Crippen LogP contribution in [-0.4, -0.2) is 0 Å². The van der Waals surface area contributed by atoms with Crippen LogP contribution in [0.5, 0.6) is 0 Å². The van der Waals surface area contributed by atoms with E-state index in [4.69, 9.17) is 16.9 Å². The van der Waals surface area contributed by atoms with Gasteiger partial charge in [0.05, 0.1) is 11.5 Å². The van der Waals surface area contributed by atoms with Crippen LogP contribution in [0.1, 0.15) is 20.3 Å². The normalized spacial score (nSPS) is 10.4. The molecule has 0 N–H and O–H groups in total. The Labute approximate surface area is 60.9 Å². The van der Waals surface area contributed by atoms with Crippen molar-refractivity contribution in [1.29, 1.82) is 5.26 Å². The molecular formula is C7H10ClN. The minimum absolute atomic E-state index is 0.362. The molecule has 0 spiro atoms. The van der Waals surface area contributed by atoms with Crippen LogP contribution in [0.4, 0.5) is 0 Å². The number of halogens is 1. The van der Waals surface area contributed by atoms with Crippen LogP contribution < -0.4 is 0 Å². The fraction of sp³-hybridized carbons (Fsp3) is 0.571. The lowest BCUT2D eigenvalue weighted by atomic mass is 9.92. The first-order valence-electron chi connectivity index (χ1n) is 2.72. The molecule has 0 amide bonds. The Hall–Kier alpha value is -0.480. The number of nitrogens with zero attached hydrogens (tertiary/aromatic N) is 1. The maximum atomic E-state index is 8.49. The van der Waals surface area contributed by atoms with E-state index in [2.05, 4.69) is 12.6 Å². The average molecular weight is 144 g/mol. The molecule has 0 fully saturated rings. The first kappa shape index (κ1) is 8.52. The highest BCUT2D eigenvalue weighted by Crippen LogP contribution is 2.24. The van der Waals surface area contributed by atoms with Gasteiger partial charge in [-0.3, -0.25) is 0 Å². The number of hydrogen-bond donors (Lipinski definition) is 0. The third kappa shape index (κ3) is 4.05. The van der Waals surface area contributed by atoms with Gasteiger partial charge in [0.25, 0.3) is 0 Å². The molecule has 0 radical (unpaired) electrons. The zero-order valence-corrected chi connectivity index (χ0v) is 6.50. The zero-order valence-electron chi connectivity index (χ0n) is 5.74. The van der Waals surface area contributed by atoms with Crippen molar-refractivity contribution in [3.05, 3.63) is 11.6 Å². The number of hydrogen-bond acceptors (Lipinski definition) is 1. The summed E-state index contributed by atoms with van der Waals surface area (Å²) in [5.74, 6) is 0. The molecule has 0 aromatic carbocycles. The standard InChI is InChI=1S/C7H10ClN/c1-6(8)4-7(2,3)5-9/h1,4H2,2-3H3. The summed E-state index contributed by atoms with van der Waals surface area (Å²) < 4.78 is 0. The van der Waals surface area contributed by atoms with E-state index in [-0.39, 0.29) is 5.41 Å². The van der Waals surface area contributed by atoms with E-state index in [1.165, 1.54) is 0 Å². The van der Waals surface area contributed by atoms with Crippen molar-refractivity contribution in [2.45, 2.75) is 20.3 Å². The molecule has 0 aromatic heterocycles. The molecule has 0 bridgehead atoms. The summed E-state index contributed by atoms with van der Waals surface area (Å²) >= 11 is 5.50. The van der Waals surface area contributed by atoms with Crippen molar-refractivity contribution in [2.75, 3.05) is 0 Å². The third-order valence-electron chi connectivity index (χ3n) is 0.936. The molecule has 0 aliphatic carbocycles. The molecule has 0 rings (SSSR count). The van der Waals surface area contributed by atoms with Gasteiger partial charge in [0.1, 0.15) is 0 Å². The van der Waals surface area contributed by atoms with Crippen molar-refractivity contribution >= 4 is 11.6 Å². The fourth-order valence-corrected chi connectivity index (χ4v) is 0.853. The summed E-state index contributed by atoms with van der Waals surface area (Å²) in [4.78, 5) is 0. The van der Waals surface area contributed by atoms with Crippen molar-refractivity contribution in [1.82, 2.24) is 0 Å². The lowest BCUT2D eigenvalue weighted by Crippen LogP contribution is -2.06. The van der Waals surface area contributed by atoms with Gasteiger partial charge >= 0.3 is 0 Å². The van der Waals surface area contributed by atoms with Gasteiger partial charge in [-0.2, -0.15) is 5.26 Å². The molecule has 0 aromatic rings. The predicted octanol–water partition coefficient (Wildman–Crippen LogP) is 2.68. The summed E-state index contributed by atoms with van der Waals surface area (Å²) in [7, 11) is 0. The predicted molar refractivity (Wildman–Crippen MR) is 39.0 cm³/mol. The Morgan fingerprint density at radius 3 is 2.33 bits per heavy atom. The highest BCUT2D eigenvalue weighted by molar-refractivity contribution is 6.29. The highest BCUT2D eigenvalue weighted by atomic mass is 35.5. The highest BCUT2D eigenvalue weighted by Gasteiger charge is 2.16. The average Bonchev–Trinajstić information content (AvgIpc) is 1.63. The SMILES string of the molecule is C=C(Cl)CC(C)(C)C#N. The van der Waals surface area contributed by atoms with Crippen LogP contribution in [0.2, 0.25) is 0 Å². The molecule has 0 heterocycles. The number of rotatable bonds is 2. The van der Waals surface area contributed by atoms with E-state index in [1.807, 2.05) is 13.8 Å². The van der Waals surface area contributed by atoms with Crippen molar-refractivity contribution < 1.29 is 0 Å². The summed E-state index contributed by atoms with van der Waals surface area (Å²) in [5.41, 5.74) is -0.362. The van der Waals surface area contributed by atoms with Gasteiger partial charge in [0, 0.05) is 11.5 Å². The topological polar surface area (TPSA) is 23.8 Å². The maximum Gasteiger partial charge on any atom is 0.0687 e. The van der Waals surface area contributed by atoms with Crippen LogP contribution in [0.15, 0.2) is 11.6 Å². The molecule has 0 unspecified atom stereocenters. The molecule has 0 aliphatic rings. The largest absolute Gasteiger partial charge is 0.198 e. The van der Waals surface area contributed by atoms with Crippen molar-refractivity contribution in [3.8, 4) is 6.07 Å². The van der Waals surface area contributed by atoms with Gasteiger partial charge in [-0.1, -0.05) is 18.2 Å². The van der Waals surface area contributed by atoms with E-state index >= 15 is 0 Å². The number of nitriles is 1. The molecule has 0 saturated carbocycles. The second kappa shape index (κ2) is 2.89. The molecule has 9 heavy (non-hydrogen) atoms. The molecule has 0 saturated heterocycles. The van der Waals surface area contributed by atoms with Crippen LogP contribution in [0, 0.1) is 16.7 Å². The Balaban J connectivity index is 3.91. The minimum Gasteiger partial charge on any atom is -0.198 e. The van der Waals surface area contributed by atoms with Gasteiger partial charge < -0.3 is 0 Å². The third-order valence-corrected chi connectivity index (χ3v) is 1.07. The first-order valence-corrected chi connectivity index (χ1v) is 3.10. The second-order valence-electron chi connectivity index (χ2n) is 2.69. The smallest absolute Gasteiger partial charge is 0.0687 e. The molecule has 50 valence electrons. The fourth-order valence-electron chi connectivity index (χ4n) is 0.519. The van der Waals surface area contributed by atoms with Gasteiger partial charge in [-0.05, 0) is 13.8 Å². The molecule has 1 nitrogen and oxygen atoms in total. The quantitative estimate of drug-likeness (QED) is 0.583. The lowest BCUT2D eigenvalue weighted by Gasteiger charge is -2.12. The van der Waals surface area contributed by atoms with Crippen LogP contribution in [0.25, 0.3) is 0 Å². The monoisotopic (exact) mass is 143 g/mol. The van der Waals surface area contributed by atoms with Crippen LogP contribution in [-0.2, 0) is 0 Å². The minimum atomic E-state index is -0.362. The first-order chi connectivity index (χ1) is 3.98. The number of allylic oxidation sites excluding steroid dienone is 1. The van der Waals surface area contributed by atoms with E-state index in [9.17, 15) is 0 Å². The van der Waals surface area contributed by atoms with Crippen molar-refractivity contribution in [3.63, 3.8) is 0 Å². The van der Waals surface area contributed by atoms with Gasteiger partial charge in [0.15, 0.2) is 0 Å². The summed E-state index contributed by atoms with van der Waals surface area (Å²) in [6, 6.07) is 2.13. The molecule has 0 atom stereocenters. The van der Waals surface area contributed by atoms with Gasteiger partial charge in [-0.15, -0.1) is 0 Å². The summed E-state index contributed by atoms with van der Waals surface area (Å²) in [5, 5.41) is 9.04. The molecular weight excluding hydrogens is 134 g/mol. The maximum absolute atomic E-state index is 8.49. The molecule has 2 heteroatoms. The van der Waals surface area contributed by atoms with Crippen LogP contribution >= 0.6 is 11.6 Å². The Morgan fingerprint density at radius 2 is 2.22 bits per heavy atom. The van der Waals surface area contributed by atoms with Crippen molar-refractivity contribution in [2.24, 2.45) is 5.41 Å². The molecule has 0 aliphatic heterocycles. The summed E-state index contributed by atoms with van der Waals surface area (Å²) in [6.45, 7) is 7.17. The lowest BCUT2D eigenvalue weighted by molar-refractivity contribution is 0.501. The van der Waals surface area contributed by atoms with Gasteiger partial charge in [0.2, 0.25) is 0 Å². The zero-order chi connectivity index (χ0) is 7.49. The van der Waals surface area contributed by atoms with E-state index in [1.54, 1.807) is 0 Å². The van der Waals surface area contributed by atoms with E-state index in [0.29, 0.717) is 11.5 Å². The summed E-state index contributed by atoms with van der Waals surface area (Å²) in [6.07, 6.45) is 0.561. The second-order valence-corrected chi connectivity index (χ2v) is 3.22. The van der Waals surface area contributed by atoms with E-state index in [0.717, 1.165) is 0 Å². The van der Waals surface area contributed by atoms with E-state index < -0.39 is 0 Å². The van der Waals surface area contributed by atoms with Crippen LogP contribution in [0.3, 0.4) is 0 Å². The Morgan fingerprint density at radius 1 is 1.78 bits per heavy atom. The van der Waals surface area contributed by atoms with Gasteiger partial charge in [-0.25, -0.2) is 0 Å². The Kier molecular flexibility index (Phi) is 2.73. The Bertz CT molecular complexity index is 153.